The molecule has 0 aliphatic heterocycles. The molecular formula is C15H13BrN2O. The Morgan fingerprint density at radius 1 is 1.11 bits per heavy atom. The van der Waals surface area contributed by atoms with Crippen LogP contribution in [0.4, 0.5) is 5.82 Å². The maximum atomic E-state index is 12.4. The lowest BCUT2D eigenvalue weighted by atomic mass is 9.95. The number of halogens is 1. The van der Waals surface area contributed by atoms with Crippen LogP contribution in [0.25, 0.3) is 0 Å². The summed E-state index contributed by atoms with van der Waals surface area (Å²) in [5.74, 6) is 0.617. The summed E-state index contributed by atoms with van der Waals surface area (Å²) in [6, 6.07) is 15.4. The van der Waals surface area contributed by atoms with Crippen molar-refractivity contribution in [3.8, 4) is 0 Å². The van der Waals surface area contributed by atoms with E-state index in [1.807, 2.05) is 42.5 Å². The van der Waals surface area contributed by atoms with Crippen molar-refractivity contribution in [2.45, 2.75) is 18.3 Å². The van der Waals surface area contributed by atoms with Crippen LogP contribution in [-0.4, -0.2) is 10.9 Å². The largest absolute Gasteiger partial charge is 0.310 e. The van der Waals surface area contributed by atoms with E-state index in [0.717, 1.165) is 23.0 Å². The number of rotatable bonds is 3. The molecule has 1 amide bonds. The lowest BCUT2D eigenvalue weighted by molar-refractivity contribution is -0.118. The number of nitrogens with zero attached hydrogens (tertiary/aromatic N) is 1. The van der Waals surface area contributed by atoms with Crippen molar-refractivity contribution < 1.29 is 4.79 Å². The molecule has 0 atom stereocenters. The Bertz CT molecular complexity index is 609. The maximum absolute atomic E-state index is 12.4. The molecule has 96 valence electrons. The standard InChI is InChI=1S/C15H13BrN2O/c16-12-7-4-8-13(17-12)18-14(19)15(9-10-15)11-5-2-1-3-6-11/h1-8H,9-10H2,(H,17,18,19). The van der Waals surface area contributed by atoms with Gasteiger partial charge in [0.1, 0.15) is 10.4 Å². The monoisotopic (exact) mass is 316 g/mol. The quantitative estimate of drug-likeness (QED) is 0.880. The fourth-order valence-corrected chi connectivity index (χ4v) is 2.59. The van der Waals surface area contributed by atoms with Gasteiger partial charge >= 0.3 is 0 Å². The van der Waals surface area contributed by atoms with Gasteiger partial charge in [-0.05, 0) is 46.5 Å². The number of pyridine rings is 1. The first-order valence-electron chi connectivity index (χ1n) is 6.20. The third kappa shape index (κ3) is 2.40. The van der Waals surface area contributed by atoms with Gasteiger partial charge in [0.15, 0.2) is 0 Å². The van der Waals surface area contributed by atoms with Gasteiger partial charge in [-0.2, -0.15) is 0 Å². The second-order valence-corrected chi connectivity index (χ2v) is 5.56. The van der Waals surface area contributed by atoms with E-state index < -0.39 is 0 Å². The molecule has 19 heavy (non-hydrogen) atoms. The van der Waals surface area contributed by atoms with Crippen LogP contribution in [0.5, 0.6) is 0 Å². The van der Waals surface area contributed by atoms with Crippen LogP contribution in [0.3, 0.4) is 0 Å². The average molecular weight is 317 g/mol. The predicted octanol–water partition coefficient (Wildman–Crippen LogP) is 3.51. The number of carbonyl (C=O) groups is 1. The van der Waals surface area contributed by atoms with Crippen LogP contribution in [0.2, 0.25) is 0 Å². The highest BCUT2D eigenvalue weighted by Gasteiger charge is 2.51. The van der Waals surface area contributed by atoms with Gasteiger partial charge in [-0.15, -0.1) is 0 Å². The number of anilines is 1. The number of benzene rings is 1. The number of hydrogen-bond acceptors (Lipinski definition) is 2. The molecule has 1 saturated carbocycles. The molecule has 0 unspecified atom stereocenters. The zero-order valence-corrected chi connectivity index (χ0v) is 11.9. The van der Waals surface area contributed by atoms with E-state index in [2.05, 4.69) is 26.2 Å². The third-order valence-corrected chi connectivity index (χ3v) is 3.91. The Hall–Kier alpha value is -1.68. The van der Waals surface area contributed by atoms with Crippen molar-refractivity contribution >= 4 is 27.7 Å². The molecule has 1 heterocycles. The van der Waals surface area contributed by atoms with E-state index in [1.165, 1.54) is 0 Å². The molecule has 4 heteroatoms. The van der Waals surface area contributed by atoms with E-state index >= 15 is 0 Å². The van der Waals surface area contributed by atoms with Crippen molar-refractivity contribution in [3.63, 3.8) is 0 Å². The predicted molar refractivity (Wildman–Crippen MR) is 77.9 cm³/mol. The van der Waals surface area contributed by atoms with Gasteiger partial charge in [-0.25, -0.2) is 4.98 Å². The Labute approximate surface area is 120 Å². The molecule has 0 bridgehead atoms. The summed E-state index contributed by atoms with van der Waals surface area (Å²) >= 11 is 3.30. The van der Waals surface area contributed by atoms with E-state index in [0.29, 0.717) is 5.82 Å². The summed E-state index contributed by atoms with van der Waals surface area (Å²) in [6.45, 7) is 0. The molecule has 3 nitrogen and oxygen atoms in total. The summed E-state index contributed by atoms with van der Waals surface area (Å²) in [4.78, 5) is 16.7. The summed E-state index contributed by atoms with van der Waals surface area (Å²) < 4.78 is 0.717. The molecule has 1 N–H and O–H groups in total. The minimum atomic E-state index is -0.356. The first-order chi connectivity index (χ1) is 9.21. The van der Waals surface area contributed by atoms with Crippen LogP contribution in [0.1, 0.15) is 18.4 Å². The second-order valence-electron chi connectivity index (χ2n) is 4.75. The Morgan fingerprint density at radius 2 is 1.84 bits per heavy atom. The van der Waals surface area contributed by atoms with E-state index in [9.17, 15) is 4.79 Å². The fraction of sp³-hybridized carbons (Fsp3) is 0.200. The van der Waals surface area contributed by atoms with Gasteiger partial charge in [-0.1, -0.05) is 36.4 Å². The first-order valence-corrected chi connectivity index (χ1v) is 7.00. The van der Waals surface area contributed by atoms with E-state index in [-0.39, 0.29) is 11.3 Å². The van der Waals surface area contributed by atoms with Crippen LogP contribution < -0.4 is 5.32 Å². The SMILES string of the molecule is O=C(Nc1cccc(Br)n1)C1(c2ccccc2)CC1. The summed E-state index contributed by atoms with van der Waals surface area (Å²) in [5.41, 5.74) is 0.730. The number of amides is 1. The molecule has 2 aromatic rings. The van der Waals surface area contributed by atoms with E-state index in [1.54, 1.807) is 6.07 Å². The zero-order valence-electron chi connectivity index (χ0n) is 10.3. The minimum absolute atomic E-state index is 0.0318. The minimum Gasteiger partial charge on any atom is -0.310 e. The summed E-state index contributed by atoms with van der Waals surface area (Å²) in [6.07, 6.45) is 1.80. The normalized spacial score (nSPS) is 15.8. The van der Waals surface area contributed by atoms with Gasteiger partial charge in [0.05, 0.1) is 5.41 Å². The lowest BCUT2D eigenvalue weighted by Gasteiger charge is -2.15. The fourth-order valence-electron chi connectivity index (χ4n) is 2.24. The van der Waals surface area contributed by atoms with Crippen molar-refractivity contribution in [2.24, 2.45) is 0 Å². The van der Waals surface area contributed by atoms with Crippen LogP contribution in [0.15, 0.2) is 53.1 Å². The Balaban J connectivity index is 1.82. The highest BCUT2D eigenvalue weighted by molar-refractivity contribution is 9.10. The summed E-state index contributed by atoms with van der Waals surface area (Å²) in [7, 11) is 0. The van der Waals surface area contributed by atoms with Crippen LogP contribution in [0, 0.1) is 0 Å². The smallest absolute Gasteiger partial charge is 0.236 e. The number of carbonyl (C=O) groups excluding carboxylic acids is 1. The molecular weight excluding hydrogens is 304 g/mol. The molecule has 0 spiro atoms. The molecule has 1 aromatic heterocycles. The summed E-state index contributed by atoms with van der Waals surface area (Å²) in [5, 5.41) is 2.90. The highest BCUT2D eigenvalue weighted by atomic mass is 79.9. The van der Waals surface area contributed by atoms with Crippen molar-refractivity contribution in [3.05, 3.63) is 58.7 Å². The van der Waals surface area contributed by atoms with Gasteiger partial charge in [0.2, 0.25) is 5.91 Å². The molecule has 1 aliphatic rings. The molecule has 0 saturated heterocycles. The number of hydrogen-bond donors (Lipinski definition) is 1. The number of nitrogens with one attached hydrogen (secondary N) is 1. The molecule has 3 rings (SSSR count). The molecule has 1 aliphatic carbocycles. The first kappa shape index (κ1) is 12.4. The van der Waals surface area contributed by atoms with Crippen molar-refractivity contribution in [2.75, 3.05) is 5.32 Å². The maximum Gasteiger partial charge on any atom is 0.236 e. The molecule has 1 fully saturated rings. The van der Waals surface area contributed by atoms with E-state index in [4.69, 9.17) is 0 Å². The number of aromatic nitrogens is 1. The van der Waals surface area contributed by atoms with Gasteiger partial charge < -0.3 is 5.32 Å². The van der Waals surface area contributed by atoms with Crippen molar-refractivity contribution in [1.29, 1.82) is 0 Å². The Kier molecular flexibility index (Phi) is 3.11. The Morgan fingerprint density at radius 3 is 2.47 bits per heavy atom. The molecule has 0 radical (unpaired) electrons. The average Bonchev–Trinajstić information content (AvgIpc) is 3.21. The third-order valence-electron chi connectivity index (χ3n) is 3.47. The van der Waals surface area contributed by atoms with Crippen LogP contribution >= 0.6 is 15.9 Å². The molecule has 1 aromatic carbocycles. The van der Waals surface area contributed by atoms with Gasteiger partial charge in [0.25, 0.3) is 0 Å². The van der Waals surface area contributed by atoms with Gasteiger partial charge in [-0.3, -0.25) is 4.79 Å². The highest BCUT2D eigenvalue weighted by Crippen LogP contribution is 2.48. The lowest BCUT2D eigenvalue weighted by Crippen LogP contribution is -2.28. The van der Waals surface area contributed by atoms with Crippen LogP contribution in [-0.2, 0) is 10.2 Å². The second kappa shape index (κ2) is 4.78. The zero-order chi connectivity index (χ0) is 13.3. The topological polar surface area (TPSA) is 42.0 Å². The van der Waals surface area contributed by atoms with Crippen molar-refractivity contribution in [1.82, 2.24) is 4.98 Å². The van der Waals surface area contributed by atoms with Gasteiger partial charge in [0, 0.05) is 0 Å².